The molecular formula is C14H10ClFN2O2. The Labute approximate surface area is 119 Å². The van der Waals surface area contributed by atoms with Gasteiger partial charge in [0.1, 0.15) is 23.4 Å². The molecule has 0 fully saturated rings. The van der Waals surface area contributed by atoms with Crippen LogP contribution in [0.15, 0.2) is 36.4 Å². The van der Waals surface area contributed by atoms with Crippen LogP contribution in [0.4, 0.5) is 10.1 Å². The number of hydrogen-bond donors (Lipinski definition) is 2. The number of halogens is 2. The molecule has 0 radical (unpaired) electrons. The van der Waals surface area contributed by atoms with Gasteiger partial charge in [-0.1, -0.05) is 17.7 Å². The molecule has 1 aliphatic heterocycles. The normalized spacial score (nSPS) is 16.8. The van der Waals surface area contributed by atoms with Crippen LogP contribution < -0.4 is 15.8 Å². The van der Waals surface area contributed by atoms with Gasteiger partial charge in [0.15, 0.2) is 0 Å². The van der Waals surface area contributed by atoms with E-state index in [2.05, 4.69) is 5.32 Å². The van der Waals surface area contributed by atoms with Crippen LogP contribution in [-0.2, 0) is 4.79 Å². The van der Waals surface area contributed by atoms with E-state index >= 15 is 0 Å². The number of fused-ring (bicyclic) bond motifs is 1. The second kappa shape index (κ2) is 4.77. The average molecular weight is 293 g/mol. The van der Waals surface area contributed by atoms with E-state index in [1.807, 2.05) is 0 Å². The summed E-state index contributed by atoms with van der Waals surface area (Å²) in [7, 11) is 0. The van der Waals surface area contributed by atoms with Gasteiger partial charge in [-0.25, -0.2) is 4.39 Å². The smallest absolute Gasteiger partial charge is 0.245 e. The summed E-state index contributed by atoms with van der Waals surface area (Å²) < 4.78 is 18.6. The van der Waals surface area contributed by atoms with Crippen molar-refractivity contribution in [3.05, 3.63) is 52.8 Å². The predicted octanol–water partition coefficient (Wildman–Crippen LogP) is 3.22. The second-order valence-corrected chi connectivity index (χ2v) is 4.80. The lowest BCUT2D eigenvalue weighted by Crippen LogP contribution is -2.19. The highest BCUT2D eigenvalue weighted by Crippen LogP contribution is 2.39. The van der Waals surface area contributed by atoms with Gasteiger partial charge in [0.05, 0.1) is 5.02 Å². The van der Waals surface area contributed by atoms with Crippen molar-refractivity contribution in [1.82, 2.24) is 0 Å². The molecule has 3 rings (SSSR count). The van der Waals surface area contributed by atoms with Crippen LogP contribution in [0.5, 0.6) is 11.5 Å². The first-order valence-corrected chi connectivity index (χ1v) is 6.26. The summed E-state index contributed by atoms with van der Waals surface area (Å²) in [5, 5.41) is 2.94. The summed E-state index contributed by atoms with van der Waals surface area (Å²) in [5.41, 5.74) is 6.89. The van der Waals surface area contributed by atoms with Gasteiger partial charge in [0, 0.05) is 23.4 Å². The monoisotopic (exact) mass is 292 g/mol. The maximum Gasteiger partial charge on any atom is 0.245 e. The number of carbonyl (C=O) groups excluding carboxylic acids is 1. The molecule has 2 aromatic carbocycles. The van der Waals surface area contributed by atoms with Gasteiger partial charge in [-0.2, -0.15) is 0 Å². The van der Waals surface area contributed by atoms with Crippen molar-refractivity contribution in [2.45, 2.75) is 6.04 Å². The molecule has 0 saturated heterocycles. The molecule has 1 amide bonds. The minimum Gasteiger partial charge on any atom is -0.456 e. The summed E-state index contributed by atoms with van der Waals surface area (Å²) in [6.07, 6.45) is 0. The lowest BCUT2D eigenvalue weighted by Gasteiger charge is -2.10. The number of anilines is 1. The molecule has 1 heterocycles. The van der Waals surface area contributed by atoms with Crippen LogP contribution in [0.1, 0.15) is 11.6 Å². The molecule has 2 aromatic rings. The Morgan fingerprint density at radius 1 is 1.30 bits per heavy atom. The van der Waals surface area contributed by atoms with Crippen molar-refractivity contribution in [1.29, 1.82) is 0 Å². The Kier molecular flexibility index (Phi) is 3.08. The third-order valence-corrected chi connectivity index (χ3v) is 3.30. The van der Waals surface area contributed by atoms with E-state index in [0.717, 1.165) is 0 Å². The van der Waals surface area contributed by atoms with Crippen LogP contribution in [0, 0.1) is 5.82 Å². The third-order valence-electron chi connectivity index (χ3n) is 3.00. The Morgan fingerprint density at radius 3 is 2.85 bits per heavy atom. The molecule has 0 aliphatic carbocycles. The zero-order valence-electron chi connectivity index (χ0n) is 10.2. The van der Waals surface area contributed by atoms with Gasteiger partial charge in [-0.15, -0.1) is 0 Å². The number of carbonyl (C=O) groups is 1. The molecule has 4 nitrogen and oxygen atoms in total. The summed E-state index contributed by atoms with van der Waals surface area (Å²) in [5.74, 6) is -0.0556. The third kappa shape index (κ3) is 2.21. The number of ether oxygens (including phenoxy) is 1. The summed E-state index contributed by atoms with van der Waals surface area (Å²) in [4.78, 5) is 11.5. The van der Waals surface area contributed by atoms with Crippen molar-refractivity contribution >= 4 is 23.2 Å². The van der Waals surface area contributed by atoms with Gasteiger partial charge in [-0.3, -0.25) is 4.79 Å². The van der Waals surface area contributed by atoms with E-state index in [-0.39, 0.29) is 5.91 Å². The first kappa shape index (κ1) is 12.9. The minimum absolute atomic E-state index is 0.293. The van der Waals surface area contributed by atoms with Gasteiger partial charge in [-0.05, 0) is 18.2 Å². The Balaban J connectivity index is 1.96. The molecule has 0 saturated carbocycles. The summed E-state index contributed by atoms with van der Waals surface area (Å²) in [6, 6.07) is 8.12. The number of hydrogen-bond acceptors (Lipinski definition) is 3. The molecule has 0 spiro atoms. The van der Waals surface area contributed by atoms with E-state index in [1.54, 1.807) is 18.2 Å². The van der Waals surface area contributed by atoms with Crippen molar-refractivity contribution in [2.75, 3.05) is 5.32 Å². The molecule has 0 bridgehead atoms. The Bertz CT molecular complexity index is 706. The van der Waals surface area contributed by atoms with E-state index < -0.39 is 11.9 Å². The highest BCUT2D eigenvalue weighted by Gasteiger charge is 2.28. The first-order valence-electron chi connectivity index (χ1n) is 5.88. The average Bonchev–Trinajstić information content (AvgIpc) is 2.66. The maximum atomic E-state index is 13.1. The fourth-order valence-corrected chi connectivity index (χ4v) is 2.23. The van der Waals surface area contributed by atoms with Crippen molar-refractivity contribution in [3.8, 4) is 11.5 Å². The van der Waals surface area contributed by atoms with Crippen LogP contribution in [0.3, 0.4) is 0 Å². The maximum absolute atomic E-state index is 13.1. The number of benzene rings is 2. The zero-order valence-corrected chi connectivity index (χ0v) is 10.9. The van der Waals surface area contributed by atoms with E-state index in [1.165, 1.54) is 18.2 Å². The molecule has 1 unspecified atom stereocenters. The fraction of sp³-hybridized carbons (Fsp3) is 0.0714. The first-order chi connectivity index (χ1) is 9.54. The lowest BCUT2D eigenvalue weighted by molar-refractivity contribution is -0.116. The molecule has 1 atom stereocenters. The molecule has 3 N–H and O–H groups in total. The zero-order chi connectivity index (χ0) is 14.3. The molecule has 6 heteroatoms. The van der Waals surface area contributed by atoms with Crippen molar-refractivity contribution < 1.29 is 13.9 Å². The molecule has 0 aromatic heterocycles. The predicted molar refractivity (Wildman–Crippen MR) is 73.5 cm³/mol. The SMILES string of the molecule is NC1C(=O)Nc2cc(Oc3cccc(F)c3)c(Cl)cc21. The quantitative estimate of drug-likeness (QED) is 0.893. The fourth-order valence-electron chi connectivity index (χ4n) is 2.02. The van der Waals surface area contributed by atoms with Gasteiger partial charge < -0.3 is 15.8 Å². The van der Waals surface area contributed by atoms with Gasteiger partial charge >= 0.3 is 0 Å². The Morgan fingerprint density at radius 2 is 2.10 bits per heavy atom. The number of nitrogens with two attached hydrogens (primary N) is 1. The van der Waals surface area contributed by atoms with Crippen LogP contribution in [0.2, 0.25) is 5.02 Å². The number of nitrogens with one attached hydrogen (secondary N) is 1. The minimum atomic E-state index is -0.731. The summed E-state index contributed by atoms with van der Waals surface area (Å²) >= 11 is 6.10. The number of amides is 1. The second-order valence-electron chi connectivity index (χ2n) is 4.40. The van der Waals surface area contributed by atoms with Crippen LogP contribution in [0.25, 0.3) is 0 Å². The highest BCUT2D eigenvalue weighted by atomic mass is 35.5. The highest BCUT2D eigenvalue weighted by molar-refractivity contribution is 6.32. The lowest BCUT2D eigenvalue weighted by atomic mass is 10.1. The van der Waals surface area contributed by atoms with Crippen molar-refractivity contribution in [2.24, 2.45) is 5.73 Å². The topological polar surface area (TPSA) is 64.4 Å². The largest absolute Gasteiger partial charge is 0.456 e. The van der Waals surface area contributed by atoms with E-state index in [4.69, 9.17) is 22.1 Å². The standard InChI is InChI=1S/C14H10ClFN2O2/c15-10-5-9-11(18-14(19)13(9)17)6-12(10)20-8-3-1-2-7(16)4-8/h1-6,13H,17H2,(H,18,19). The Hall–Kier alpha value is -2.11. The molecule has 1 aliphatic rings. The van der Waals surface area contributed by atoms with Gasteiger partial charge in [0.2, 0.25) is 5.91 Å². The van der Waals surface area contributed by atoms with E-state index in [0.29, 0.717) is 27.8 Å². The summed E-state index contributed by atoms with van der Waals surface area (Å²) in [6.45, 7) is 0. The van der Waals surface area contributed by atoms with Gasteiger partial charge in [0.25, 0.3) is 0 Å². The van der Waals surface area contributed by atoms with E-state index in [9.17, 15) is 9.18 Å². The van der Waals surface area contributed by atoms with Crippen LogP contribution >= 0.6 is 11.6 Å². The molecular weight excluding hydrogens is 283 g/mol. The molecule has 102 valence electrons. The number of rotatable bonds is 2. The van der Waals surface area contributed by atoms with Crippen LogP contribution in [-0.4, -0.2) is 5.91 Å². The molecule has 20 heavy (non-hydrogen) atoms. The van der Waals surface area contributed by atoms with Crippen molar-refractivity contribution in [3.63, 3.8) is 0 Å².